The Hall–Kier alpha value is -2.79. The van der Waals surface area contributed by atoms with Crippen molar-refractivity contribution in [3.05, 3.63) is 41.9 Å². The van der Waals surface area contributed by atoms with E-state index in [0.29, 0.717) is 0 Å². The Labute approximate surface area is 117 Å². The topological polar surface area (TPSA) is 88.3 Å². The van der Waals surface area contributed by atoms with Gasteiger partial charge in [-0.05, 0) is 18.1 Å². The van der Waals surface area contributed by atoms with Crippen molar-refractivity contribution in [2.75, 3.05) is 0 Å². The van der Waals surface area contributed by atoms with Crippen LogP contribution in [-0.2, 0) is 0 Å². The number of para-hydroxylation sites is 2. The minimum absolute atomic E-state index is 0.0479. The minimum atomic E-state index is -0.0842. The first kappa shape index (κ1) is 13.6. The van der Waals surface area contributed by atoms with E-state index in [1.54, 1.807) is 0 Å². The van der Waals surface area contributed by atoms with Crippen molar-refractivity contribution in [1.29, 1.82) is 10.5 Å². The van der Waals surface area contributed by atoms with Crippen LogP contribution in [0.5, 0.6) is 0 Å². The lowest BCUT2D eigenvalue weighted by molar-refractivity contribution is 0.440. The molecule has 5 nitrogen and oxygen atoms in total. The zero-order chi connectivity index (χ0) is 14.5. The number of nitriles is 2. The summed E-state index contributed by atoms with van der Waals surface area (Å²) in [6.45, 7) is 4.11. The van der Waals surface area contributed by atoms with Gasteiger partial charge in [-0.2, -0.15) is 10.5 Å². The number of fused-ring (bicyclic) bond motifs is 1. The van der Waals surface area contributed by atoms with E-state index in [4.69, 9.17) is 10.5 Å². The second kappa shape index (κ2) is 5.90. The van der Waals surface area contributed by atoms with E-state index >= 15 is 0 Å². The molecule has 2 aromatic rings. The molecule has 0 unspecified atom stereocenters. The highest BCUT2D eigenvalue weighted by molar-refractivity contribution is 5.74. The first-order chi connectivity index (χ1) is 9.65. The van der Waals surface area contributed by atoms with Crippen molar-refractivity contribution in [3.8, 4) is 12.1 Å². The van der Waals surface area contributed by atoms with E-state index in [0.717, 1.165) is 16.9 Å². The molecule has 5 heteroatoms. The smallest absolute Gasteiger partial charge is 0.145 e. The maximum Gasteiger partial charge on any atom is 0.145 e. The van der Waals surface area contributed by atoms with Crippen LogP contribution in [0.1, 0.15) is 25.7 Å². The molecule has 0 radical (unpaired) electrons. The van der Waals surface area contributed by atoms with Crippen molar-refractivity contribution in [1.82, 2.24) is 15.3 Å². The molecule has 0 aliphatic carbocycles. The summed E-state index contributed by atoms with van der Waals surface area (Å²) >= 11 is 0. The van der Waals surface area contributed by atoms with Crippen LogP contribution >= 0.6 is 0 Å². The number of aromatic amines is 1. The zero-order valence-corrected chi connectivity index (χ0v) is 11.4. The van der Waals surface area contributed by atoms with Crippen molar-refractivity contribution in [2.24, 2.45) is 5.92 Å². The Morgan fingerprint density at radius 2 is 2.00 bits per heavy atom. The Morgan fingerprint density at radius 3 is 2.60 bits per heavy atom. The van der Waals surface area contributed by atoms with Gasteiger partial charge in [-0.3, -0.25) is 0 Å². The molecular formula is C15H15N5. The molecule has 0 saturated heterocycles. The highest BCUT2D eigenvalue weighted by atomic mass is 15.0. The maximum atomic E-state index is 8.76. The van der Waals surface area contributed by atoms with Crippen molar-refractivity contribution >= 4 is 11.0 Å². The van der Waals surface area contributed by atoms with E-state index in [1.165, 1.54) is 6.20 Å². The van der Waals surface area contributed by atoms with E-state index in [1.807, 2.05) is 36.4 Å². The molecule has 20 heavy (non-hydrogen) atoms. The predicted octanol–water partition coefficient (Wildman–Crippen LogP) is 2.78. The molecule has 0 saturated carbocycles. The summed E-state index contributed by atoms with van der Waals surface area (Å²) in [5, 5.41) is 20.6. The average Bonchev–Trinajstić information content (AvgIpc) is 2.86. The molecule has 0 aliphatic rings. The van der Waals surface area contributed by atoms with Crippen LogP contribution in [0, 0.1) is 28.6 Å². The van der Waals surface area contributed by atoms with Gasteiger partial charge in [-0.1, -0.05) is 26.0 Å². The van der Waals surface area contributed by atoms with Crippen LogP contribution in [0.15, 0.2) is 36.0 Å². The number of rotatable bonds is 4. The van der Waals surface area contributed by atoms with Gasteiger partial charge in [0.1, 0.15) is 23.5 Å². The van der Waals surface area contributed by atoms with Gasteiger partial charge in [0.25, 0.3) is 0 Å². The molecule has 2 N–H and O–H groups in total. The summed E-state index contributed by atoms with van der Waals surface area (Å²) in [4.78, 5) is 7.82. The van der Waals surface area contributed by atoms with Crippen molar-refractivity contribution in [2.45, 2.75) is 19.9 Å². The number of H-pyrrole nitrogens is 1. The first-order valence-corrected chi connectivity index (χ1v) is 6.36. The third kappa shape index (κ3) is 2.78. The maximum absolute atomic E-state index is 8.76. The molecule has 0 spiro atoms. The van der Waals surface area contributed by atoms with E-state index in [9.17, 15) is 0 Å². The van der Waals surface area contributed by atoms with E-state index in [-0.39, 0.29) is 17.5 Å². The number of hydrogen-bond acceptors (Lipinski definition) is 4. The van der Waals surface area contributed by atoms with Crippen LogP contribution in [-0.4, -0.2) is 9.97 Å². The quantitative estimate of drug-likeness (QED) is 0.832. The summed E-state index contributed by atoms with van der Waals surface area (Å²) in [7, 11) is 0. The fraction of sp³-hybridized carbons (Fsp3) is 0.267. The molecule has 0 bridgehead atoms. The number of benzene rings is 1. The third-order valence-electron chi connectivity index (χ3n) is 3.02. The molecular weight excluding hydrogens is 250 g/mol. The first-order valence-electron chi connectivity index (χ1n) is 6.36. The molecule has 100 valence electrons. The monoisotopic (exact) mass is 265 g/mol. The summed E-state index contributed by atoms with van der Waals surface area (Å²) in [6.07, 6.45) is 1.44. The van der Waals surface area contributed by atoms with E-state index < -0.39 is 0 Å². The molecule has 0 aliphatic heterocycles. The van der Waals surface area contributed by atoms with Crippen LogP contribution in [0.4, 0.5) is 0 Å². The summed E-state index contributed by atoms with van der Waals surface area (Å²) < 4.78 is 0. The molecule has 0 fully saturated rings. The predicted molar refractivity (Wildman–Crippen MR) is 76.1 cm³/mol. The zero-order valence-electron chi connectivity index (χ0n) is 11.4. The van der Waals surface area contributed by atoms with Crippen LogP contribution < -0.4 is 5.32 Å². The SMILES string of the molecule is CC(C)[C@H](NC=C(C#N)C#N)c1nc2ccccc2[nH]1. The number of nitrogens with zero attached hydrogens (tertiary/aromatic N) is 3. The largest absolute Gasteiger partial charge is 0.379 e. The summed E-state index contributed by atoms with van der Waals surface area (Å²) in [6, 6.07) is 11.4. The number of aromatic nitrogens is 2. The molecule has 0 amide bonds. The van der Waals surface area contributed by atoms with Crippen molar-refractivity contribution < 1.29 is 0 Å². The second-order valence-corrected chi connectivity index (χ2v) is 4.81. The Balaban J connectivity index is 2.32. The standard InChI is InChI=1S/C15H15N5/c1-10(2)14(18-9-11(7-16)8-17)15-19-12-5-3-4-6-13(12)20-15/h3-6,9-10,14,18H,1-2H3,(H,19,20)/t14-/m0/s1. The lowest BCUT2D eigenvalue weighted by Crippen LogP contribution is -2.22. The average molecular weight is 265 g/mol. The molecule has 1 aromatic carbocycles. The van der Waals surface area contributed by atoms with E-state index in [2.05, 4.69) is 29.1 Å². The highest BCUT2D eigenvalue weighted by Crippen LogP contribution is 2.22. The molecule has 2 rings (SSSR count). The van der Waals surface area contributed by atoms with Gasteiger partial charge >= 0.3 is 0 Å². The van der Waals surface area contributed by atoms with Gasteiger partial charge in [0.05, 0.1) is 17.1 Å². The Bertz CT molecular complexity index is 663. The molecule has 1 atom stereocenters. The number of imidazole rings is 1. The number of allylic oxidation sites excluding steroid dienone is 1. The summed E-state index contributed by atoms with van der Waals surface area (Å²) in [5.74, 6) is 1.05. The van der Waals surface area contributed by atoms with Crippen LogP contribution in [0.3, 0.4) is 0 Å². The molecule has 1 heterocycles. The van der Waals surface area contributed by atoms with Gasteiger partial charge in [0, 0.05) is 6.20 Å². The number of hydrogen-bond donors (Lipinski definition) is 2. The second-order valence-electron chi connectivity index (χ2n) is 4.81. The summed E-state index contributed by atoms with van der Waals surface area (Å²) in [5.41, 5.74) is 1.92. The van der Waals surface area contributed by atoms with Gasteiger partial charge in [0.2, 0.25) is 0 Å². The number of nitrogens with one attached hydrogen (secondary N) is 2. The van der Waals surface area contributed by atoms with Gasteiger partial charge < -0.3 is 10.3 Å². The fourth-order valence-electron chi connectivity index (χ4n) is 1.97. The fourth-order valence-corrected chi connectivity index (χ4v) is 1.97. The van der Waals surface area contributed by atoms with Gasteiger partial charge in [0.15, 0.2) is 0 Å². The van der Waals surface area contributed by atoms with Gasteiger partial charge in [-0.15, -0.1) is 0 Å². The lowest BCUT2D eigenvalue weighted by Gasteiger charge is -2.18. The highest BCUT2D eigenvalue weighted by Gasteiger charge is 2.18. The van der Waals surface area contributed by atoms with Crippen molar-refractivity contribution in [3.63, 3.8) is 0 Å². The Morgan fingerprint density at radius 1 is 1.30 bits per heavy atom. The normalized spacial score (nSPS) is 11.7. The van der Waals surface area contributed by atoms with Crippen LogP contribution in [0.25, 0.3) is 11.0 Å². The minimum Gasteiger partial charge on any atom is -0.379 e. The Kier molecular flexibility index (Phi) is 4.02. The van der Waals surface area contributed by atoms with Crippen LogP contribution in [0.2, 0.25) is 0 Å². The lowest BCUT2D eigenvalue weighted by atomic mass is 10.0. The van der Waals surface area contributed by atoms with Gasteiger partial charge in [-0.25, -0.2) is 4.98 Å². The molecule has 1 aromatic heterocycles. The third-order valence-corrected chi connectivity index (χ3v) is 3.02.